The van der Waals surface area contributed by atoms with Crippen molar-refractivity contribution in [2.75, 3.05) is 5.32 Å². The Kier molecular flexibility index (Phi) is 4.22. The van der Waals surface area contributed by atoms with E-state index < -0.39 is 0 Å². The molecule has 3 aromatic rings. The number of nitrogens with one attached hydrogen (secondary N) is 2. The van der Waals surface area contributed by atoms with Crippen LogP contribution in [0.2, 0.25) is 0 Å². The van der Waals surface area contributed by atoms with E-state index >= 15 is 0 Å². The minimum atomic E-state index is -0.0239. The third-order valence-electron chi connectivity index (χ3n) is 3.67. The van der Waals surface area contributed by atoms with Gasteiger partial charge in [0, 0.05) is 11.8 Å². The van der Waals surface area contributed by atoms with Gasteiger partial charge in [-0.2, -0.15) is 19.7 Å². The van der Waals surface area contributed by atoms with E-state index in [0.717, 1.165) is 36.0 Å². The summed E-state index contributed by atoms with van der Waals surface area (Å²) in [5.74, 6) is 3.33. The third-order valence-corrected chi connectivity index (χ3v) is 3.67. The Morgan fingerprint density at radius 3 is 2.78 bits per heavy atom. The van der Waals surface area contributed by atoms with Crippen LogP contribution < -0.4 is 5.32 Å². The van der Waals surface area contributed by atoms with E-state index in [0.29, 0.717) is 11.7 Å². The van der Waals surface area contributed by atoms with Gasteiger partial charge in [0.05, 0.1) is 6.04 Å². The highest BCUT2D eigenvalue weighted by molar-refractivity contribution is 5.46. The van der Waals surface area contributed by atoms with Gasteiger partial charge in [0.2, 0.25) is 0 Å². The van der Waals surface area contributed by atoms with Gasteiger partial charge < -0.3 is 5.32 Å². The lowest BCUT2D eigenvalue weighted by Gasteiger charge is -2.21. The fourth-order valence-electron chi connectivity index (χ4n) is 2.54. The second kappa shape index (κ2) is 6.31. The normalized spacial score (nSPS) is 12.9. The highest BCUT2D eigenvalue weighted by Crippen LogP contribution is 2.24. The summed E-state index contributed by atoms with van der Waals surface area (Å²) in [5, 5.41) is 15.0. The predicted octanol–water partition coefficient (Wildman–Crippen LogP) is 2.31. The molecule has 3 heterocycles. The van der Waals surface area contributed by atoms with Crippen molar-refractivity contribution in [3.63, 3.8) is 0 Å². The summed E-state index contributed by atoms with van der Waals surface area (Å²) in [5.41, 5.74) is 1.00. The average Bonchev–Trinajstić information content (AvgIpc) is 3.13. The Morgan fingerprint density at radius 1 is 1.30 bits per heavy atom. The van der Waals surface area contributed by atoms with Crippen LogP contribution in [-0.4, -0.2) is 34.8 Å². The van der Waals surface area contributed by atoms with Crippen LogP contribution in [-0.2, 0) is 6.42 Å². The first kappa shape index (κ1) is 15.4. The summed E-state index contributed by atoms with van der Waals surface area (Å²) in [6.45, 7) is 8.30. The molecule has 0 aliphatic carbocycles. The lowest BCUT2D eigenvalue weighted by molar-refractivity contribution is 0.519. The first-order valence-electron chi connectivity index (χ1n) is 7.93. The molecule has 8 nitrogen and oxygen atoms in total. The smallest absolute Gasteiger partial charge is 0.254 e. The van der Waals surface area contributed by atoms with Crippen LogP contribution in [0.5, 0.6) is 0 Å². The molecular formula is C15H22N8. The SMILES string of the molecule is CCCc1cc(N[C@H](c2n[nH]c(C)n2)C(C)C)n2ncnc2n1. The van der Waals surface area contributed by atoms with E-state index in [1.54, 1.807) is 4.52 Å². The highest BCUT2D eigenvalue weighted by Gasteiger charge is 2.21. The van der Waals surface area contributed by atoms with E-state index in [2.05, 4.69) is 56.3 Å². The van der Waals surface area contributed by atoms with Crippen molar-refractivity contribution < 1.29 is 0 Å². The molecule has 122 valence electrons. The van der Waals surface area contributed by atoms with Gasteiger partial charge in [-0.25, -0.2) is 9.97 Å². The van der Waals surface area contributed by atoms with Gasteiger partial charge >= 0.3 is 0 Å². The fourth-order valence-corrected chi connectivity index (χ4v) is 2.54. The maximum atomic E-state index is 4.53. The number of H-pyrrole nitrogens is 1. The van der Waals surface area contributed by atoms with Crippen molar-refractivity contribution in [3.05, 3.63) is 29.7 Å². The number of rotatable bonds is 6. The Morgan fingerprint density at radius 2 is 2.13 bits per heavy atom. The van der Waals surface area contributed by atoms with Crippen molar-refractivity contribution in [1.82, 2.24) is 34.8 Å². The van der Waals surface area contributed by atoms with Crippen molar-refractivity contribution in [2.45, 2.75) is 46.6 Å². The zero-order valence-electron chi connectivity index (χ0n) is 13.9. The van der Waals surface area contributed by atoms with Crippen molar-refractivity contribution in [3.8, 4) is 0 Å². The molecule has 0 amide bonds. The van der Waals surface area contributed by atoms with Gasteiger partial charge in [0.1, 0.15) is 18.0 Å². The number of hydrogen-bond donors (Lipinski definition) is 2. The van der Waals surface area contributed by atoms with E-state index in [9.17, 15) is 0 Å². The molecule has 0 saturated carbocycles. The van der Waals surface area contributed by atoms with Gasteiger partial charge in [0.25, 0.3) is 5.78 Å². The first-order valence-corrected chi connectivity index (χ1v) is 7.93. The number of anilines is 1. The lowest BCUT2D eigenvalue weighted by Crippen LogP contribution is -2.20. The van der Waals surface area contributed by atoms with Crippen molar-refractivity contribution >= 4 is 11.6 Å². The van der Waals surface area contributed by atoms with Crippen molar-refractivity contribution in [1.29, 1.82) is 0 Å². The quantitative estimate of drug-likeness (QED) is 0.724. The summed E-state index contributed by atoms with van der Waals surface area (Å²) >= 11 is 0. The molecule has 23 heavy (non-hydrogen) atoms. The monoisotopic (exact) mass is 314 g/mol. The minimum absolute atomic E-state index is 0.0239. The maximum absolute atomic E-state index is 4.53. The Bertz CT molecular complexity index is 788. The van der Waals surface area contributed by atoms with Gasteiger partial charge in [-0.3, -0.25) is 5.10 Å². The van der Waals surface area contributed by atoms with Gasteiger partial charge in [-0.15, -0.1) is 0 Å². The summed E-state index contributed by atoms with van der Waals surface area (Å²) in [6, 6.07) is 2.00. The molecule has 0 aromatic carbocycles. The third kappa shape index (κ3) is 3.15. The van der Waals surface area contributed by atoms with Crippen LogP contribution in [0.1, 0.15) is 50.6 Å². The summed E-state index contributed by atoms with van der Waals surface area (Å²) in [7, 11) is 0. The number of hydrogen-bond acceptors (Lipinski definition) is 6. The molecule has 0 radical (unpaired) electrons. The molecule has 3 aromatic heterocycles. The van der Waals surface area contributed by atoms with E-state index in [1.807, 2.05) is 13.0 Å². The molecule has 0 saturated heterocycles. The van der Waals surface area contributed by atoms with E-state index in [-0.39, 0.29) is 6.04 Å². The topological polar surface area (TPSA) is 96.7 Å². The highest BCUT2D eigenvalue weighted by atomic mass is 15.4. The molecule has 8 heteroatoms. The number of fused-ring (bicyclic) bond motifs is 1. The van der Waals surface area contributed by atoms with E-state index in [1.165, 1.54) is 6.33 Å². The first-order chi connectivity index (χ1) is 11.1. The minimum Gasteiger partial charge on any atom is -0.359 e. The van der Waals surface area contributed by atoms with Crippen molar-refractivity contribution in [2.24, 2.45) is 5.92 Å². The second-order valence-electron chi connectivity index (χ2n) is 6.00. The lowest BCUT2D eigenvalue weighted by atomic mass is 10.0. The molecule has 0 unspecified atom stereocenters. The zero-order valence-corrected chi connectivity index (χ0v) is 13.9. The number of aromatic nitrogens is 7. The van der Waals surface area contributed by atoms with Gasteiger partial charge in [-0.05, 0) is 19.3 Å². The molecule has 0 bridgehead atoms. The van der Waals surface area contributed by atoms with Crippen LogP contribution in [0, 0.1) is 12.8 Å². The van der Waals surface area contributed by atoms with Crippen LogP contribution in [0.3, 0.4) is 0 Å². The Hall–Kier alpha value is -2.51. The number of nitrogens with zero attached hydrogens (tertiary/aromatic N) is 6. The Labute approximate surface area is 134 Å². The van der Waals surface area contributed by atoms with E-state index in [4.69, 9.17) is 0 Å². The summed E-state index contributed by atoms with van der Waals surface area (Å²) < 4.78 is 1.72. The molecule has 3 rings (SSSR count). The maximum Gasteiger partial charge on any atom is 0.254 e. The molecule has 0 fully saturated rings. The van der Waals surface area contributed by atoms with Crippen LogP contribution >= 0.6 is 0 Å². The fraction of sp³-hybridized carbons (Fsp3) is 0.533. The molecule has 2 N–H and O–H groups in total. The molecule has 0 spiro atoms. The summed E-state index contributed by atoms with van der Waals surface area (Å²) in [6.07, 6.45) is 3.46. The predicted molar refractivity (Wildman–Crippen MR) is 87.1 cm³/mol. The number of aromatic amines is 1. The number of aryl methyl sites for hydroxylation is 2. The molecule has 0 aliphatic heterocycles. The zero-order chi connectivity index (χ0) is 16.4. The standard InChI is InChI=1S/C15H22N8/c1-5-6-11-7-12(23-15(19-11)16-8-17-23)20-13(9(2)3)14-18-10(4)21-22-14/h7-9,13,20H,5-6H2,1-4H3,(H,18,21,22)/t13-/m0/s1. The van der Waals surface area contributed by atoms with Gasteiger partial charge in [0.15, 0.2) is 5.82 Å². The average molecular weight is 314 g/mol. The summed E-state index contributed by atoms with van der Waals surface area (Å²) in [4.78, 5) is 13.2. The molecular weight excluding hydrogens is 292 g/mol. The van der Waals surface area contributed by atoms with Gasteiger partial charge in [-0.1, -0.05) is 27.2 Å². The Balaban J connectivity index is 1.99. The largest absolute Gasteiger partial charge is 0.359 e. The molecule has 0 aliphatic rings. The molecule has 1 atom stereocenters. The second-order valence-corrected chi connectivity index (χ2v) is 6.00. The van der Waals surface area contributed by atoms with Crippen LogP contribution in [0.25, 0.3) is 5.78 Å². The van der Waals surface area contributed by atoms with Crippen LogP contribution in [0.15, 0.2) is 12.4 Å². The van der Waals surface area contributed by atoms with Crippen LogP contribution in [0.4, 0.5) is 5.82 Å².